The molecule has 74 valence electrons. The van der Waals surface area contributed by atoms with Crippen LogP contribution in [0.1, 0.15) is 20.3 Å². The van der Waals surface area contributed by atoms with Gasteiger partial charge in [-0.2, -0.15) is 5.26 Å². The number of nitrogens with zero attached hydrogens (tertiary/aromatic N) is 2. The van der Waals surface area contributed by atoms with Crippen molar-refractivity contribution in [2.75, 3.05) is 26.2 Å². The second-order valence-electron chi connectivity index (χ2n) is 2.71. The number of hydrogen-bond donors (Lipinski definition) is 1. The Bertz CT molecular complexity index is 182. The maximum absolute atomic E-state index is 10.8. The lowest BCUT2D eigenvalue weighted by Crippen LogP contribution is -2.34. The molecule has 13 heavy (non-hydrogen) atoms. The summed E-state index contributed by atoms with van der Waals surface area (Å²) < 4.78 is 0. The standard InChI is InChI=1S/C9H17N3O/c1-3-12(4-2)8-7-11-9(13)5-6-10/h3-5,7-8H2,1-2H3,(H,11,13). The topological polar surface area (TPSA) is 56.1 Å². The summed E-state index contributed by atoms with van der Waals surface area (Å²) in [7, 11) is 0. The quantitative estimate of drug-likeness (QED) is 0.646. The fraction of sp³-hybridized carbons (Fsp3) is 0.778. The van der Waals surface area contributed by atoms with Crippen molar-refractivity contribution in [1.29, 1.82) is 5.26 Å². The molecule has 0 fully saturated rings. The van der Waals surface area contributed by atoms with E-state index in [0.717, 1.165) is 19.6 Å². The van der Waals surface area contributed by atoms with Gasteiger partial charge in [0.2, 0.25) is 5.91 Å². The van der Waals surface area contributed by atoms with Crippen molar-refractivity contribution in [3.05, 3.63) is 0 Å². The van der Waals surface area contributed by atoms with Crippen LogP contribution in [-0.2, 0) is 4.79 Å². The van der Waals surface area contributed by atoms with E-state index in [1.165, 1.54) is 0 Å². The largest absolute Gasteiger partial charge is 0.354 e. The Morgan fingerprint density at radius 2 is 2.08 bits per heavy atom. The Hall–Kier alpha value is -1.08. The summed E-state index contributed by atoms with van der Waals surface area (Å²) in [4.78, 5) is 13.1. The van der Waals surface area contributed by atoms with Gasteiger partial charge in [0, 0.05) is 13.1 Å². The summed E-state index contributed by atoms with van der Waals surface area (Å²) in [6.45, 7) is 7.63. The average Bonchev–Trinajstić information content (AvgIpc) is 2.13. The minimum Gasteiger partial charge on any atom is -0.354 e. The van der Waals surface area contributed by atoms with Crippen LogP contribution in [-0.4, -0.2) is 37.0 Å². The molecule has 0 aromatic rings. The third-order valence-corrected chi connectivity index (χ3v) is 1.88. The van der Waals surface area contributed by atoms with Gasteiger partial charge in [-0.3, -0.25) is 4.79 Å². The van der Waals surface area contributed by atoms with Crippen LogP contribution in [0.15, 0.2) is 0 Å². The number of nitrogens with one attached hydrogen (secondary N) is 1. The van der Waals surface area contributed by atoms with Crippen LogP contribution >= 0.6 is 0 Å². The third-order valence-electron chi connectivity index (χ3n) is 1.88. The van der Waals surface area contributed by atoms with Crippen molar-refractivity contribution in [3.63, 3.8) is 0 Å². The Morgan fingerprint density at radius 1 is 1.46 bits per heavy atom. The lowest BCUT2D eigenvalue weighted by Gasteiger charge is -2.17. The number of carbonyl (C=O) groups excluding carboxylic acids is 1. The van der Waals surface area contributed by atoms with Crippen LogP contribution in [0.2, 0.25) is 0 Å². The van der Waals surface area contributed by atoms with Crippen molar-refractivity contribution in [2.45, 2.75) is 20.3 Å². The van der Waals surface area contributed by atoms with Crippen molar-refractivity contribution in [1.82, 2.24) is 10.2 Å². The van der Waals surface area contributed by atoms with Gasteiger partial charge in [0.25, 0.3) is 0 Å². The summed E-state index contributed by atoms with van der Waals surface area (Å²) in [5.41, 5.74) is 0. The zero-order valence-electron chi connectivity index (χ0n) is 8.34. The molecule has 0 heterocycles. The van der Waals surface area contributed by atoms with Crippen LogP contribution in [0.3, 0.4) is 0 Å². The SMILES string of the molecule is CCN(CC)CCNC(=O)CC#N. The highest BCUT2D eigenvalue weighted by molar-refractivity contribution is 5.77. The fourth-order valence-corrected chi connectivity index (χ4v) is 1.03. The van der Waals surface area contributed by atoms with Gasteiger partial charge >= 0.3 is 0 Å². The van der Waals surface area contributed by atoms with Gasteiger partial charge in [-0.25, -0.2) is 0 Å². The molecule has 0 atom stereocenters. The van der Waals surface area contributed by atoms with Gasteiger partial charge < -0.3 is 10.2 Å². The second-order valence-corrected chi connectivity index (χ2v) is 2.71. The number of nitriles is 1. The van der Waals surface area contributed by atoms with Gasteiger partial charge in [0.05, 0.1) is 6.07 Å². The number of likely N-dealkylation sites (N-methyl/N-ethyl adjacent to an activating group) is 1. The summed E-state index contributed by atoms with van der Waals surface area (Å²) in [5, 5.41) is 10.9. The Balaban J connectivity index is 3.44. The van der Waals surface area contributed by atoms with Crippen molar-refractivity contribution in [2.24, 2.45) is 0 Å². The van der Waals surface area contributed by atoms with E-state index >= 15 is 0 Å². The van der Waals surface area contributed by atoms with E-state index in [2.05, 4.69) is 24.1 Å². The van der Waals surface area contributed by atoms with Crippen LogP contribution in [0.5, 0.6) is 0 Å². The van der Waals surface area contributed by atoms with Gasteiger partial charge in [-0.1, -0.05) is 13.8 Å². The highest BCUT2D eigenvalue weighted by Crippen LogP contribution is 1.84. The van der Waals surface area contributed by atoms with Crippen LogP contribution in [0, 0.1) is 11.3 Å². The molecule has 0 rings (SSSR count). The smallest absolute Gasteiger partial charge is 0.234 e. The molecule has 0 aliphatic heterocycles. The van der Waals surface area contributed by atoms with E-state index in [-0.39, 0.29) is 12.3 Å². The molecule has 0 aromatic heterocycles. The summed E-state index contributed by atoms with van der Waals surface area (Å²) in [5.74, 6) is -0.186. The van der Waals surface area contributed by atoms with Gasteiger partial charge in [-0.15, -0.1) is 0 Å². The van der Waals surface area contributed by atoms with E-state index in [1.54, 1.807) is 0 Å². The second kappa shape index (κ2) is 7.56. The molecule has 4 nitrogen and oxygen atoms in total. The Labute approximate surface area is 79.5 Å². The number of hydrogen-bond acceptors (Lipinski definition) is 3. The zero-order chi connectivity index (χ0) is 10.1. The van der Waals surface area contributed by atoms with E-state index in [9.17, 15) is 4.79 Å². The van der Waals surface area contributed by atoms with E-state index < -0.39 is 0 Å². The van der Waals surface area contributed by atoms with Crippen molar-refractivity contribution >= 4 is 5.91 Å². The molecule has 0 spiro atoms. The van der Waals surface area contributed by atoms with Gasteiger partial charge in [-0.05, 0) is 13.1 Å². The van der Waals surface area contributed by atoms with Gasteiger partial charge in [0.15, 0.2) is 0 Å². The van der Waals surface area contributed by atoms with E-state index in [4.69, 9.17) is 5.26 Å². The molecule has 1 amide bonds. The molecule has 0 radical (unpaired) electrons. The van der Waals surface area contributed by atoms with Crippen LogP contribution < -0.4 is 5.32 Å². The molecule has 0 unspecified atom stereocenters. The van der Waals surface area contributed by atoms with Gasteiger partial charge in [0.1, 0.15) is 6.42 Å². The maximum Gasteiger partial charge on any atom is 0.234 e. The first kappa shape index (κ1) is 11.9. The lowest BCUT2D eigenvalue weighted by atomic mass is 10.4. The Kier molecular flexibility index (Phi) is 6.93. The summed E-state index contributed by atoms with van der Waals surface area (Å²) >= 11 is 0. The highest BCUT2D eigenvalue weighted by Gasteiger charge is 2.01. The molecule has 0 aromatic carbocycles. The molecule has 0 saturated carbocycles. The molecule has 0 aliphatic rings. The first-order valence-corrected chi connectivity index (χ1v) is 4.60. The molecule has 4 heteroatoms. The van der Waals surface area contributed by atoms with Crippen molar-refractivity contribution in [3.8, 4) is 6.07 Å². The minimum atomic E-state index is -0.186. The van der Waals surface area contributed by atoms with Crippen LogP contribution in [0.25, 0.3) is 0 Å². The normalized spacial score (nSPS) is 9.69. The summed E-state index contributed by atoms with van der Waals surface area (Å²) in [6, 6.07) is 1.81. The lowest BCUT2D eigenvalue weighted by molar-refractivity contribution is -0.120. The zero-order valence-corrected chi connectivity index (χ0v) is 8.34. The first-order valence-electron chi connectivity index (χ1n) is 4.60. The molecule has 0 bridgehead atoms. The van der Waals surface area contributed by atoms with E-state index in [0.29, 0.717) is 6.54 Å². The average molecular weight is 183 g/mol. The number of amides is 1. The molecule has 0 saturated heterocycles. The predicted octanol–water partition coefficient (Wildman–Crippen LogP) is 0.358. The van der Waals surface area contributed by atoms with Crippen molar-refractivity contribution < 1.29 is 4.79 Å². The minimum absolute atomic E-state index is 0.0434. The maximum atomic E-state index is 10.8. The number of carbonyl (C=O) groups is 1. The molecule has 0 aliphatic carbocycles. The van der Waals surface area contributed by atoms with E-state index in [1.807, 2.05) is 6.07 Å². The van der Waals surface area contributed by atoms with Crippen LogP contribution in [0.4, 0.5) is 0 Å². The molecule has 1 N–H and O–H groups in total. The number of rotatable bonds is 6. The third kappa shape index (κ3) is 6.12. The fourth-order valence-electron chi connectivity index (χ4n) is 1.03. The first-order chi connectivity index (χ1) is 6.24. The highest BCUT2D eigenvalue weighted by atomic mass is 16.1. The molecular weight excluding hydrogens is 166 g/mol. The molecular formula is C9H17N3O. The predicted molar refractivity (Wildman–Crippen MR) is 51.0 cm³/mol. The monoisotopic (exact) mass is 183 g/mol. The summed E-state index contributed by atoms with van der Waals surface area (Å²) in [6.07, 6.45) is -0.0434. The Morgan fingerprint density at radius 3 is 2.54 bits per heavy atom.